The molecule has 4 nitrogen and oxygen atoms in total. The number of likely N-dealkylation sites (tertiary alicyclic amines) is 1. The number of ether oxygens (including phenoxy) is 1. The smallest absolute Gasteiger partial charge is 0.222 e. The largest absolute Gasteiger partial charge is 0.497 e. The van der Waals surface area contributed by atoms with Crippen LogP contribution in [0.3, 0.4) is 0 Å². The molecule has 1 atom stereocenters. The van der Waals surface area contributed by atoms with E-state index in [0.29, 0.717) is 30.9 Å². The van der Waals surface area contributed by atoms with Gasteiger partial charge in [-0.3, -0.25) is 9.59 Å². The van der Waals surface area contributed by atoms with E-state index in [1.807, 2.05) is 4.90 Å². The molecule has 1 aliphatic rings. The van der Waals surface area contributed by atoms with Crippen molar-refractivity contribution in [1.82, 2.24) is 4.90 Å². The van der Waals surface area contributed by atoms with Crippen molar-refractivity contribution in [2.75, 3.05) is 13.7 Å². The number of carbonyl (C=O) groups is 2. The molecule has 0 N–H and O–H groups in total. The van der Waals surface area contributed by atoms with Crippen molar-refractivity contribution in [3.05, 3.63) is 29.8 Å². The third kappa shape index (κ3) is 4.09. The Morgan fingerprint density at radius 3 is 2.59 bits per heavy atom. The Balaban J connectivity index is 1.77. The number of rotatable bonds is 7. The van der Waals surface area contributed by atoms with Crippen molar-refractivity contribution in [1.29, 1.82) is 0 Å². The molecule has 1 fully saturated rings. The van der Waals surface area contributed by atoms with Gasteiger partial charge in [0, 0.05) is 31.0 Å². The van der Waals surface area contributed by atoms with Crippen molar-refractivity contribution >= 4 is 11.7 Å². The zero-order chi connectivity index (χ0) is 15.9. The molecule has 0 aliphatic carbocycles. The lowest BCUT2D eigenvalue weighted by Gasteiger charge is -2.23. The number of carbonyl (C=O) groups excluding carboxylic acids is 2. The quantitative estimate of drug-likeness (QED) is 0.725. The van der Waals surface area contributed by atoms with Crippen LogP contribution in [-0.4, -0.2) is 36.3 Å². The van der Waals surface area contributed by atoms with Gasteiger partial charge >= 0.3 is 0 Å². The summed E-state index contributed by atoms with van der Waals surface area (Å²) in [5.74, 6) is 1.03. The molecule has 1 aromatic carbocycles. The molecule has 2 rings (SSSR count). The molecule has 0 bridgehead atoms. The van der Waals surface area contributed by atoms with Crippen LogP contribution in [-0.2, 0) is 4.79 Å². The van der Waals surface area contributed by atoms with Crippen molar-refractivity contribution in [2.45, 2.75) is 51.5 Å². The van der Waals surface area contributed by atoms with Crippen LogP contribution in [0.15, 0.2) is 24.3 Å². The average Bonchev–Trinajstić information content (AvgIpc) is 3.03. The van der Waals surface area contributed by atoms with Crippen molar-refractivity contribution < 1.29 is 14.3 Å². The maximum atomic E-state index is 12.2. The molecule has 0 saturated carbocycles. The second kappa shape index (κ2) is 7.97. The lowest BCUT2D eigenvalue weighted by Crippen LogP contribution is -2.34. The predicted molar refractivity (Wildman–Crippen MR) is 86.2 cm³/mol. The van der Waals surface area contributed by atoms with Gasteiger partial charge in [-0.1, -0.05) is 6.92 Å². The molecule has 1 saturated heterocycles. The standard InChI is InChI=1S/C18H25NO3/c1-3-15-6-5-13-19(15)18(21)8-4-7-17(20)14-9-11-16(22-2)12-10-14/h9-12,15H,3-8,13H2,1-2H3. The molecule has 1 heterocycles. The fraction of sp³-hybridized carbons (Fsp3) is 0.556. The summed E-state index contributed by atoms with van der Waals surface area (Å²) in [7, 11) is 1.60. The SMILES string of the molecule is CCC1CCCN1C(=O)CCCC(=O)c1ccc(OC)cc1. The van der Waals surface area contributed by atoms with E-state index in [1.165, 1.54) is 0 Å². The molecule has 1 aliphatic heterocycles. The first-order valence-electron chi connectivity index (χ1n) is 8.12. The second-order valence-corrected chi connectivity index (χ2v) is 5.80. The van der Waals surface area contributed by atoms with Crippen LogP contribution in [0.1, 0.15) is 55.8 Å². The van der Waals surface area contributed by atoms with Gasteiger partial charge in [0.15, 0.2) is 5.78 Å². The molecule has 0 aromatic heterocycles. The molecule has 120 valence electrons. The van der Waals surface area contributed by atoms with Crippen LogP contribution < -0.4 is 4.74 Å². The summed E-state index contributed by atoms with van der Waals surface area (Å²) < 4.78 is 5.08. The van der Waals surface area contributed by atoms with Crippen molar-refractivity contribution in [2.24, 2.45) is 0 Å². The van der Waals surface area contributed by atoms with Gasteiger partial charge in [-0.15, -0.1) is 0 Å². The van der Waals surface area contributed by atoms with Crippen molar-refractivity contribution in [3.63, 3.8) is 0 Å². The van der Waals surface area contributed by atoms with Crippen molar-refractivity contribution in [3.8, 4) is 5.75 Å². The van der Waals surface area contributed by atoms with Gasteiger partial charge in [-0.05, 0) is 49.9 Å². The molecule has 1 aromatic rings. The summed E-state index contributed by atoms with van der Waals surface area (Å²) in [6.07, 6.45) is 4.76. The molecule has 4 heteroatoms. The van der Waals surface area contributed by atoms with Gasteiger partial charge in [0.05, 0.1) is 7.11 Å². The van der Waals surface area contributed by atoms with Gasteiger partial charge in [-0.2, -0.15) is 0 Å². The molecule has 1 amide bonds. The van der Waals surface area contributed by atoms with E-state index in [0.717, 1.165) is 31.6 Å². The number of hydrogen-bond acceptors (Lipinski definition) is 3. The highest BCUT2D eigenvalue weighted by atomic mass is 16.5. The van der Waals surface area contributed by atoms with E-state index in [9.17, 15) is 9.59 Å². The maximum Gasteiger partial charge on any atom is 0.222 e. The van der Waals surface area contributed by atoms with E-state index >= 15 is 0 Å². The van der Waals surface area contributed by atoms with Crippen LogP contribution in [0.4, 0.5) is 0 Å². The molecule has 0 radical (unpaired) electrons. The second-order valence-electron chi connectivity index (χ2n) is 5.80. The first-order valence-corrected chi connectivity index (χ1v) is 8.12. The third-order valence-corrected chi connectivity index (χ3v) is 4.38. The average molecular weight is 303 g/mol. The Kier molecular flexibility index (Phi) is 5.99. The van der Waals surface area contributed by atoms with Gasteiger partial charge < -0.3 is 9.64 Å². The van der Waals surface area contributed by atoms with Gasteiger partial charge in [0.25, 0.3) is 0 Å². The summed E-state index contributed by atoms with van der Waals surface area (Å²) in [4.78, 5) is 26.3. The Morgan fingerprint density at radius 1 is 1.23 bits per heavy atom. The number of ketones is 1. The number of nitrogens with zero attached hydrogens (tertiary/aromatic N) is 1. The van der Waals surface area contributed by atoms with E-state index in [1.54, 1.807) is 31.4 Å². The van der Waals surface area contributed by atoms with Gasteiger partial charge in [0.1, 0.15) is 5.75 Å². The lowest BCUT2D eigenvalue weighted by molar-refractivity contribution is -0.132. The minimum absolute atomic E-state index is 0.0870. The van der Waals surface area contributed by atoms with E-state index in [2.05, 4.69) is 6.92 Å². The number of Topliss-reactive ketones (excluding diaryl/α,β-unsaturated/α-hetero) is 1. The molecular weight excluding hydrogens is 278 g/mol. The van der Waals surface area contributed by atoms with Crippen LogP contribution in [0.25, 0.3) is 0 Å². The predicted octanol–water partition coefficient (Wildman–Crippen LogP) is 3.45. The normalized spacial score (nSPS) is 17.5. The minimum Gasteiger partial charge on any atom is -0.497 e. The Labute approximate surface area is 132 Å². The Morgan fingerprint density at radius 2 is 1.95 bits per heavy atom. The summed E-state index contributed by atoms with van der Waals surface area (Å²) in [5.41, 5.74) is 0.681. The zero-order valence-electron chi connectivity index (χ0n) is 13.5. The Hall–Kier alpha value is -1.84. The number of methoxy groups -OCH3 is 1. The summed E-state index contributed by atoms with van der Waals surface area (Å²) in [6, 6.07) is 7.53. The van der Waals surface area contributed by atoms with Crippen LogP contribution >= 0.6 is 0 Å². The minimum atomic E-state index is 0.0870. The highest BCUT2D eigenvalue weighted by molar-refractivity contribution is 5.96. The van der Waals surface area contributed by atoms with Crippen LogP contribution in [0, 0.1) is 0 Å². The highest BCUT2D eigenvalue weighted by Gasteiger charge is 2.26. The maximum absolute atomic E-state index is 12.2. The number of hydrogen-bond donors (Lipinski definition) is 0. The highest BCUT2D eigenvalue weighted by Crippen LogP contribution is 2.21. The Bertz CT molecular complexity index is 510. The first kappa shape index (κ1) is 16.5. The van der Waals surface area contributed by atoms with E-state index < -0.39 is 0 Å². The molecule has 1 unspecified atom stereocenters. The first-order chi connectivity index (χ1) is 10.7. The summed E-state index contributed by atoms with van der Waals surface area (Å²) in [5, 5.41) is 0. The lowest BCUT2D eigenvalue weighted by atomic mass is 10.0. The summed E-state index contributed by atoms with van der Waals surface area (Å²) in [6.45, 7) is 3.01. The third-order valence-electron chi connectivity index (χ3n) is 4.38. The van der Waals surface area contributed by atoms with E-state index in [4.69, 9.17) is 4.74 Å². The van der Waals surface area contributed by atoms with Crippen LogP contribution in [0.2, 0.25) is 0 Å². The fourth-order valence-electron chi connectivity index (χ4n) is 3.05. The van der Waals surface area contributed by atoms with Gasteiger partial charge in [0.2, 0.25) is 5.91 Å². The summed E-state index contributed by atoms with van der Waals surface area (Å²) >= 11 is 0. The zero-order valence-corrected chi connectivity index (χ0v) is 13.5. The molecule has 0 spiro atoms. The van der Waals surface area contributed by atoms with Gasteiger partial charge in [-0.25, -0.2) is 0 Å². The molecular formula is C18H25NO3. The number of benzene rings is 1. The van der Waals surface area contributed by atoms with E-state index in [-0.39, 0.29) is 11.7 Å². The monoisotopic (exact) mass is 303 g/mol. The molecule has 22 heavy (non-hydrogen) atoms. The van der Waals surface area contributed by atoms with Crippen LogP contribution in [0.5, 0.6) is 5.75 Å². The fourth-order valence-corrected chi connectivity index (χ4v) is 3.05. The topological polar surface area (TPSA) is 46.6 Å². The number of amides is 1.